The van der Waals surface area contributed by atoms with Gasteiger partial charge in [-0.3, -0.25) is 9.36 Å². The van der Waals surface area contributed by atoms with Crippen molar-refractivity contribution in [3.63, 3.8) is 0 Å². The molecule has 1 atom stereocenters. The normalized spacial score (nSPS) is 12.5. The number of aromatic nitrogens is 2. The number of carboxylic acid groups (broad SMARTS) is 1. The van der Waals surface area contributed by atoms with Gasteiger partial charge in [-0.25, -0.2) is 23.3 Å². The van der Waals surface area contributed by atoms with Crippen LogP contribution in [-0.4, -0.2) is 60.2 Å². The van der Waals surface area contributed by atoms with E-state index in [-0.39, 0.29) is 58.3 Å². The van der Waals surface area contributed by atoms with Gasteiger partial charge in [0, 0.05) is 12.7 Å². The minimum absolute atomic E-state index is 0.00109. The molecule has 0 aliphatic carbocycles. The molecule has 0 saturated heterocycles. The molecule has 3 rings (SSSR count). The maximum atomic E-state index is 14.3. The van der Waals surface area contributed by atoms with Crippen molar-refractivity contribution in [3.05, 3.63) is 60.9 Å². The second kappa shape index (κ2) is 12.1. The molecule has 11 nitrogen and oxygen atoms in total. The average Bonchev–Trinajstić information content (AvgIpc) is 3.22. The van der Waals surface area contributed by atoms with E-state index in [9.17, 15) is 28.7 Å². The van der Waals surface area contributed by atoms with Gasteiger partial charge in [0.1, 0.15) is 32.9 Å². The standard InChI is InChI=1S/C26H31FN2O9S/c1-7-37-23(31)20-14(2)19-21(30)29(26(3,4)24(32)33)25(34)28(22(19)39-20)13-18(38-11-10-35-5)16-12-15(27)8-9-17(16)36-6/h8-9,12,18H,7,10-11,13H2,1-6H3,(H,32,33)/t18-/m0/s1. The molecule has 0 aliphatic heterocycles. The zero-order chi connectivity index (χ0) is 29.1. The quantitative estimate of drug-likeness (QED) is 0.259. The summed E-state index contributed by atoms with van der Waals surface area (Å²) in [5.41, 5.74) is -3.20. The molecule has 13 heteroatoms. The molecule has 2 aromatic heterocycles. The molecule has 212 valence electrons. The summed E-state index contributed by atoms with van der Waals surface area (Å²) in [6.45, 7) is 5.69. The summed E-state index contributed by atoms with van der Waals surface area (Å²) < 4.78 is 37.7. The molecule has 0 amide bonds. The van der Waals surface area contributed by atoms with E-state index in [1.54, 1.807) is 6.92 Å². The van der Waals surface area contributed by atoms with Crippen molar-refractivity contribution in [2.75, 3.05) is 34.0 Å². The summed E-state index contributed by atoms with van der Waals surface area (Å²) in [7, 11) is 2.88. The van der Waals surface area contributed by atoms with Crippen molar-refractivity contribution in [1.82, 2.24) is 9.13 Å². The van der Waals surface area contributed by atoms with Crippen LogP contribution in [0.2, 0.25) is 0 Å². The van der Waals surface area contributed by atoms with Crippen LogP contribution in [0.5, 0.6) is 5.75 Å². The number of ether oxygens (including phenoxy) is 4. The van der Waals surface area contributed by atoms with Gasteiger partial charge in [0.15, 0.2) is 0 Å². The van der Waals surface area contributed by atoms with Crippen molar-refractivity contribution < 1.29 is 38.0 Å². The van der Waals surface area contributed by atoms with Gasteiger partial charge in [-0.15, -0.1) is 11.3 Å². The van der Waals surface area contributed by atoms with E-state index < -0.39 is 40.6 Å². The number of esters is 1. The molecule has 0 aliphatic rings. The summed E-state index contributed by atoms with van der Waals surface area (Å²) >= 11 is 0.875. The smallest absolute Gasteiger partial charge is 0.348 e. The van der Waals surface area contributed by atoms with Gasteiger partial charge in [0.2, 0.25) is 0 Å². The van der Waals surface area contributed by atoms with Gasteiger partial charge in [-0.1, -0.05) is 0 Å². The minimum atomic E-state index is -1.94. The fourth-order valence-corrected chi connectivity index (χ4v) is 5.32. The van der Waals surface area contributed by atoms with Crippen molar-refractivity contribution in [1.29, 1.82) is 0 Å². The number of hydrogen-bond donors (Lipinski definition) is 1. The molecular formula is C26H31FN2O9S. The van der Waals surface area contributed by atoms with Gasteiger partial charge in [0.05, 0.1) is 38.9 Å². The molecule has 3 aromatic rings. The van der Waals surface area contributed by atoms with Gasteiger partial charge in [-0.2, -0.15) is 0 Å². The number of methoxy groups -OCH3 is 2. The fraction of sp³-hybridized carbons (Fsp3) is 0.462. The second-order valence-corrected chi connectivity index (χ2v) is 10.1. The van der Waals surface area contributed by atoms with E-state index in [1.807, 2.05) is 0 Å². The third-order valence-electron chi connectivity index (χ3n) is 6.25. The summed E-state index contributed by atoms with van der Waals surface area (Å²) in [6.07, 6.45) is -0.987. The molecular weight excluding hydrogens is 535 g/mol. The van der Waals surface area contributed by atoms with Crippen LogP contribution in [0.1, 0.15) is 47.7 Å². The first-order valence-corrected chi connectivity index (χ1v) is 12.9. The number of aliphatic carboxylic acids is 1. The van der Waals surface area contributed by atoms with Crippen LogP contribution in [0.4, 0.5) is 4.39 Å². The molecule has 0 fully saturated rings. The predicted octanol–water partition coefficient (Wildman–Crippen LogP) is 3.08. The third kappa shape index (κ3) is 5.75. The van der Waals surface area contributed by atoms with Crippen molar-refractivity contribution in [3.8, 4) is 5.75 Å². The fourth-order valence-electron chi connectivity index (χ4n) is 4.12. The highest BCUT2D eigenvalue weighted by atomic mass is 32.1. The number of thiophene rings is 1. The monoisotopic (exact) mass is 566 g/mol. The lowest BCUT2D eigenvalue weighted by Gasteiger charge is -2.25. The Kier molecular flexibility index (Phi) is 9.30. The summed E-state index contributed by atoms with van der Waals surface area (Å²) in [5.74, 6) is -2.38. The second-order valence-electron chi connectivity index (χ2n) is 9.09. The molecule has 39 heavy (non-hydrogen) atoms. The van der Waals surface area contributed by atoms with Crippen molar-refractivity contribution in [2.24, 2.45) is 0 Å². The number of carboxylic acids is 1. The number of hydrogen-bond acceptors (Lipinski definition) is 9. The van der Waals surface area contributed by atoms with E-state index in [1.165, 1.54) is 57.8 Å². The number of halogens is 1. The molecule has 0 unspecified atom stereocenters. The number of carbonyl (C=O) groups excluding carboxylic acids is 1. The van der Waals surface area contributed by atoms with Gasteiger partial charge >= 0.3 is 17.6 Å². The Labute approximate surface area is 227 Å². The van der Waals surface area contributed by atoms with Crippen molar-refractivity contribution in [2.45, 2.75) is 45.9 Å². The minimum Gasteiger partial charge on any atom is -0.496 e. The van der Waals surface area contributed by atoms with E-state index >= 15 is 0 Å². The lowest BCUT2D eigenvalue weighted by molar-refractivity contribution is -0.146. The number of carbonyl (C=O) groups is 2. The summed E-state index contributed by atoms with van der Waals surface area (Å²) in [4.78, 5) is 52.5. The van der Waals surface area contributed by atoms with Gasteiger partial charge < -0.3 is 24.1 Å². The molecule has 0 spiro atoms. The van der Waals surface area contributed by atoms with Gasteiger partial charge in [-0.05, 0) is 51.5 Å². The maximum absolute atomic E-state index is 14.3. The van der Waals surface area contributed by atoms with E-state index in [0.29, 0.717) is 4.57 Å². The summed E-state index contributed by atoms with van der Waals surface area (Å²) in [6, 6.07) is 3.83. The number of rotatable bonds is 12. The highest BCUT2D eigenvalue weighted by molar-refractivity contribution is 7.20. The lowest BCUT2D eigenvalue weighted by Crippen LogP contribution is -2.52. The van der Waals surface area contributed by atoms with Crippen LogP contribution in [0.25, 0.3) is 10.2 Å². The molecule has 2 heterocycles. The molecule has 0 saturated carbocycles. The number of nitrogens with zero attached hydrogens (tertiary/aromatic N) is 2. The number of fused-ring (bicyclic) bond motifs is 1. The maximum Gasteiger partial charge on any atom is 0.348 e. The summed E-state index contributed by atoms with van der Waals surface area (Å²) in [5, 5.41) is 9.86. The van der Waals surface area contributed by atoms with Crippen LogP contribution in [-0.2, 0) is 31.1 Å². The van der Waals surface area contributed by atoms with Crippen LogP contribution in [0.3, 0.4) is 0 Å². The highest BCUT2D eigenvalue weighted by Crippen LogP contribution is 2.33. The Balaban J connectivity index is 2.38. The highest BCUT2D eigenvalue weighted by Gasteiger charge is 2.36. The first kappa shape index (κ1) is 30.0. The first-order chi connectivity index (χ1) is 18.4. The zero-order valence-corrected chi connectivity index (χ0v) is 23.3. The lowest BCUT2D eigenvalue weighted by atomic mass is 10.1. The molecule has 1 aromatic carbocycles. The Hall–Kier alpha value is -3.55. The van der Waals surface area contributed by atoms with Crippen LogP contribution < -0.4 is 16.0 Å². The van der Waals surface area contributed by atoms with E-state index in [2.05, 4.69) is 0 Å². The molecule has 0 radical (unpaired) electrons. The van der Waals surface area contributed by atoms with Crippen LogP contribution in [0.15, 0.2) is 27.8 Å². The largest absolute Gasteiger partial charge is 0.496 e. The Bertz CT molecular complexity index is 1510. The number of benzene rings is 1. The topological polar surface area (TPSA) is 135 Å². The SMILES string of the molecule is CCOC(=O)c1sc2c(c1C)c(=O)n(C(C)(C)C(=O)O)c(=O)n2C[C@H](OCCOC)c1cc(F)ccc1OC. The van der Waals surface area contributed by atoms with E-state index in [4.69, 9.17) is 18.9 Å². The van der Waals surface area contributed by atoms with E-state index in [0.717, 1.165) is 11.3 Å². The predicted molar refractivity (Wildman–Crippen MR) is 142 cm³/mol. The van der Waals surface area contributed by atoms with Crippen molar-refractivity contribution >= 4 is 33.5 Å². The first-order valence-electron chi connectivity index (χ1n) is 12.0. The van der Waals surface area contributed by atoms with Crippen LogP contribution >= 0.6 is 11.3 Å². The Morgan fingerprint density at radius 3 is 2.46 bits per heavy atom. The Morgan fingerprint density at radius 2 is 1.87 bits per heavy atom. The zero-order valence-electron chi connectivity index (χ0n) is 22.5. The third-order valence-corrected chi connectivity index (χ3v) is 7.54. The average molecular weight is 567 g/mol. The molecule has 1 N–H and O–H groups in total. The van der Waals surface area contributed by atoms with Crippen LogP contribution in [0, 0.1) is 12.7 Å². The van der Waals surface area contributed by atoms with Gasteiger partial charge in [0.25, 0.3) is 5.56 Å². The Morgan fingerprint density at radius 1 is 1.18 bits per heavy atom. The number of aryl methyl sites for hydroxylation is 1. The molecule has 0 bridgehead atoms.